The molecule has 0 aliphatic carbocycles. The van der Waals surface area contributed by atoms with Crippen LogP contribution in [-0.4, -0.2) is 21.7 Å². The van der Waals surface area contributed by atoms with Crippen LogP contribution in [0, 0.1) is 0 Å². The Hall–Kier alpha value is -2.30. The van der Waals surface area contributed by atoms with E-state index in [9.17, 15) is 0 Å². The summed E-state index contributed by atoms with van der Waals surface area (Å²) in [6.07, 6.45) is 3.37. The Labute approximate surface area is 91.3 Å². The van der Waals surface area contributed by atoms with Crippen LogP contribution < -0.4 is 4.74 Å². The molecule has 0 N–H and O–H groups in total. The second kappa shape index (κ2) is 3.37. The molecule has 0 aromatic carbocycles. The first kappa shape index (κ1) is 8.96. The number of nitrogens with zero attached hydrogens (tertiary/aromatic N) is 3. The normalized spacial score (nSPS) is 10.8. The van der Waals surface area contributed by atoms with Crippen LogP contribution in [0.4, 0.5) is 0 Å². The van der Waals surface area contributed by atoms with E-state index in [-0.39, 0.29) is 0 Å². The van der Waals surface area contributed by atoms with Gasteiger partial charge in [0.25, 0.3) is 0 Å². The van der Waals surface area contributed by atoms with Gasteiger partial charge in [0.15, 0.2) is 11.4 Å². The number of ether oxygens (including phenoxy) is 1. The molecule has 0 spiro atoms. The summed E-state index contributed by atoms with van der Waals surface area (Å²) in [7, 11) is 1.62. The lowest BCUT2D eigenvalue weighted by Gasteiger charge is -1.97. The van der Waals surface area contributed by atoms with Gasteiger partial charge in [0, 0.05) is 0 Å². The zero-order chi connectivity index (χ0) is 11.0. The molecule has 0 unspecified atom stereocenters. The first-order chi connectivity index (χ1) is 7.86. The summed E-state index contributed by atoms with van der Waals surface area (Å²) in [6.45, 7) is 0. The average molecular weight is 215 g/mol. The quantitative estimate of drug-likeness (QED) is 0.656. The van der Waals surface area contributed by atoms with Crippen LogP contribution in [0.1, 0.15) is 0 Å². The number of fused-ring (bicyclic) bond motifs is 1. The van der Waals surface area contributed by atoms with E-state index in [0.717, 1.165) is 11.4 Å². The van der Waals surface area contributed by atoms with E-state index in [0.29, 0.717) is 11.6 Å². The van der Waals surface area contributed by atoms with Crippen LogP contribution >= 0.6 is 0 Å². The van der Waals surface area contributed by atoms with Crippen molar-refractivity contribution in [1.29, 1.82) is 0 Å². The molecule has 16 heavy (non-hydrogen) atoms. The fourth-order valence-corrected chi connectivity index (χ4v) is 1.50. The van der Waals surface area contributed by atoms with Gasteiger partial charge in [-0.1, -0.05) is 0 Å². The third-order valence-corrected chi connectivity index (χ3v) is 2.28. The number of hydrogen-bond acceptors (Lipinski definition) is 4. The molecular weight excluding hydrogens is 206 g/mol. The number of aromatic nitrogens is 3. The van der Waals surface area contributed by atoms with Crippen LogP contribution in [0.2, 0.25) is 0 Å². The molecule has 3 aromatic rings. The molecule has 0 bridgehead atoms. The molecule has 0 fully saturated rings. The summed E-state index contributed by atoms with van der Waals surface area (Å²) >= 11 is 0. The van der Waals surface area contributed by atoms with E-state index in [1.165, 1.54) is 0 Å². The standard InChI is InChI=1S/C11H9N3O2/c1-15-8-4-5-10-12-11(13-14(10)7-8)9-3-2-6-16-9/h2-7H,1H3. The summed E-state index contributed by atoms with van der Waals surface area (Å²) in [4.78, 5) is 4.33. The predicted molar refractivity (Wildman–Crippen MR) is 57.2 cm³/mol. The zero-order valence-corrected chi connectivity index (χ0v) is 8.62. The van der Waals surface area contributed by atoms with Crippen molar-refractivity contribution in [3.05, 3.63) is 36.7 Å². The lowest BCUT2D eigenvalue weighted by atomic mass is 10.4. The maximum atomic E-state index is 5.24. The molecule has 0 saturated carbocycles. The predicted octanol–water partition coefficient (Wildman–Crippen LogP) is 2.00. The van der Waals surface area contributed by atoms with Crippen LogP contribution in [-0.2, 0) is 0 Å². The largest absolute Gasteiger partial charge is 0.495 e. The number of pyridine rings is 1. The van der Waals surface area contributed by atoms with Gasteiger partial charge in [-0.25, -0.2) is 9.50 Å². The van der Waals surface area contributed by atoms with Crippen molar-refractivity contribution >= 4 is 5.65 Å². The molecule has 3 aromatic heterocycles. The minimum atomic E-state index is 0.568. The second-order valence-electron chi connectivity index (χ2n) is 3.28. The van der Waals surface area contributed by atoms with E-state index in [4.69, 9.17) is 9.15 Å². The highest BCUT2D eigenvalue weighted by Crippen LogP contribution is 2.18. The highest BCUT2D eigenvalue weighted by atomic mass is 16.5. The minimum Gasteiger partial charge on any atom is -0.495 e. The van der Waals surface area contributed by atoms with Gasteiger partial charge in [0.1, 0.15) is 5.75 Å². The molecule has 0 aliphatic heterocycles. The molecular formula is C11H9N3O2. The zero-order valence-electron chi connectivity index (χ0n) is 8.62. The van der Waals surface area contributed by atoms with Crippen molar-refractivity contribution < 1.29 is 9.15 Å². The number of methoxy groups -OCH3 is 1. The monoisotopic (exact) mass is 215 g/mol. The van der Waals surface area contributed by atoms with Crippen molar-refractivity contribution in [3.63, 3.8) is 0 Å². The van der Waals surface area contributed by atoms with Crippen molar-refractivity contribution in [2.75, 3.05) is 7.11 Å². The fourth-order valence-electron chi connectivity index (χ4n) is 1.50. The summed E-state index contributed by atoms with van der Waals surface area (Å²) in [5, 5.41) is 4.30. The Kier molecular flexibility index (Phi) is 1.89. The lowest BCUT2D eigenvalue weighted by Crippen LogP contribution is -1.89. The second-order valence-corrected chi connectivity index (χ2v) is 3.28. The minimum absolute atomic E-state index is 0.568. The van der Waals surface area contributed by atoms with E-state index in [1.807, 2.05) is 24.3 Å². The van der Waals surface area contributed by atoms with Gasteiger partial charge in [-0.05, 0) is 24.3 Å². The summed E-state index contributed by atoms with van der Waals surface area (Å²) in [6, 6.07) is 7.32. The Morgan fingerprint density at radius 1 is 1.31 bits per heavy atom. The summed E-state index contributed by atoms with van der Waals surface area (Å²) in [5.41, 5.74) is 0.757. The van der Waals surface area contributed by atoms with Crippen LogP contribution in [0.5, 0.6) is 5.75 Å². The van der Waals surface area contributed by atoms with Crippen molar-refractivity contribution in [2.24, 2.45) is 0 Å². The molecule has 3 heterocycles. The van der Waals surface area contributed by atoms with Crippen LogP contribution in [0.15, 0.2) is 41.1 Å². The molecule has 3 rings (SSSR count). The highest BCUT2D eigenvalue weighted by Gasteiger charge is 2.08. The Bertz CT molecular complexity index is 613. The van der Waals surface area contributed by atoms with Crippen molar-refractivity contribution in [1.82, 2.24) is 14.6 Å². The summed E-state index contributed by atoms with van der Waals surface area (Å²) < 4.78 is 12.0. The highest BCUT2D eigenvalue weighted by molar-refractivity contribution is 5.52. The maximum absolute atomic E-state index is 5.24. The fraction of sp³-hybridized carbons (Fsp3) is 0.0909. The van der Waals surface area contributed by atoms with Gasteiger partial charge in [-0.3, -0.25) is 0 Å². The molecule has 80 valence electrons. The van der Waals surface area contributed by atoms with Crippen molar-refractivity contribution in [3.8, 4) is 17.3 Å². The molecule has 0 radical (unpaired) electrons. The molecule has 0 amide bonds. The SMILES string of the molecule is COc1ccc2nc(-c3ccco3)nn2c1. The summed E-state index contributed by atoms with van der Waals surface area (Å²) in [5.74, 6) is 1.96. The average Bonchev–Trinajstić information content (AvgIpc) is 2.96. The van der Waals surface area contributed by atoms with Gasteiger partial charge < -0.3 is 9.15 Å². The smallest absolute Gasteiger partial charge is 0.217 e. The van der Waals surface area contributed by atoms with Gasteiger partial charge in [0.2, 0.25) is 5.82 Å². The van der Waals surface area contributed by atoms with Gasteiger partial charge in [-0.2, -0.15) is 0 Å². The lowest BCUT2D eigenvalue weighted by molar-refractivity contribution is 0.411. The maximum Gasteiger partial charge on any atom is 0.217 e. The molecule has 0 saturated heterocycles. The first-order valence-corrected chi connectivity index (χ1v) is 4.81. The Morgan fingerprint density at radius 3 is 3.00 bits per heavy atom. The topological polar surface area (TPSA) is 52.6 Å². The molecule has 5 heteroatoms. The van der Waals surface area contributed by atoms with Gasteiger partial charge in [-0.15, -0.1) is 5.10 Å². The number of furan rings is 1. The van der Waals surface area contributed by atoms with Gasteiger partial charge >= 0.3 is 0 Å². The number of rotatable bonds is 2. The van der Waals surface area contributed by atoms with Gasteiger partial charge in [0.05, 0.1) is 19.6 Å². The third-order valence-electron chi connectivity index (χ3n) is 2.28. The van der Waals surface area contributed by atoms with E-state index < -0.39 is 0 Å². The van der Waals surface area contributed by atoms with E-state index in [2.05, 4.69) is 10.1 Å². The number of hydrogen-bond donors (Lipinski definition) is 0. The van der Waals surface area contributed by atoms with Crippen LogP contribution in [0.3, 0.4) is 0 Å². The Balaban J connectivity index is 2.16. The van der Waals surface area contributed by atoms with Crippen LogP contribution in [0.25, 0.3) is 17.2 Å². The van der Waals surface area contributed by atoms with Crippen molar-refractivity contribution in [2.45, 2.75) is 0 Å². The molecule has 0 aliphatic rings. The molecule has 5 nitrogen and oxygen atoms in total. The Morgan fingerprint density at radius 2 is 2.25 bits per heavy atom. The van der Waals surface area contributed by atoms with E-state index in [1.54, 1.807) is 24.1 Å². The molecule has 0 atom stereocenters. The third kappa shape index (κ3) is 1.33. The first-order valence-electron chi connectivity index (χ1n) is 4.81. The van der Waals surface area contributed by atoms with E-state index >= 15 is 0 Å².